The number of carbonyl (C=O) groups is 1. The molecule has 2 rings (SSSR count). The van der Waals surface area contributed by atoms with Gasteiger partial charge in [-0.05, 0) is 57.8 Å². The number of hydrogen-bond acceptors (Lipinski definition) is 3. The lowest BCUT2D eigenvalue weighted by Crippen LogP contribution is -2.41. The van der Waals surface area contributed by atoms with Crippen LogP contribution in [0.3, 0.4) is 0 Å². The van der Waals surface area contributed by atoms with E-state index in [9.17, 15) is 4.79 Å². The standard InChI is InChI=1S/C15H28N2OS/c1-10(13-7-11-4-5-12(13)6-11)17-14(18)8-19-9-15(2,3)16/h10-13H,4-9,16H2,1-3H3,(H,17,18). The average molecular weight is 284 g/mol. The van der Waals surface area contributed by atoms with E-state index in [2.05, 4.69) is 12.2 Å². The van der Waals surface area contributed by atoms with Crippen molar-refractivity contribution in [2.75, 3.05) is 11.5 Å². The van der Waals surface area contributed by atoms with Crippen LogP contribution in [-0.4, -0.2) is 29.0 Å². The summed E-state index contributed by atoms with van der Waals surface area (Å²) in [6, 6.07) is 0.342. The lowest BCUT2D eigenvalue weighted by Gasteiger charge is -2.28. The van der Waals surface area contributed by atoms with Gasteiger partial charge in [0.15, 0.2) is 0 Å². The molecule has 2 aliphatic rings. The molecule has 0 spiro atoms. The minimum absolute atomic E-state index is 0.171. The summed E-state index contributed by atoms with van der Waals surface area (Å²) in [4.78, 5) is 11.9. The summed E-state index contributed by atoms with van der Waals surface area (Å²) in [6.07, 6.45) is 5.53. The molecule has 4 atom stereocenters. The number of thioether (sulfide) groups is 1. The van der Waals surface area contributed by atoms with Gasteiger partial charge in [0.05, 0.1) is 5.75 Å². The Morgan fingerprint density at radius 1 is 1.42 bits per heavy atom. The molecule has 0 aromatic heterocycles. The van der Waals surface area contributed by atoms with Crippen LogP contribution in [0.25, 0.3) is 0 Å². The fourth-order valence-electron chi connectivity index (χ4n) is 3.72. The molecule has 0 aromatic carbocycles. The number of amides is 1. The van der Waals surface area contributed by atoms with E-state index < -0.39 is 0 Å². The Morgan fingerprint density at radius 2 is 2.16 bits per heavy atom. The van der Waals surface area contributed by atoms with Gasteiger partial charge in [-0.1, -0.05) is 6.42 Å². The molecule has 110 valence electrons. The number of nitrogens with one attached hydrogen (secondary N) is 1. The van der Waals surface area contributed by atoms with E-state index in [0.29, 0.717) is 11.8 Å². The predicted octanol–water partition coefficient (Wildman–Crippen LogP) is 2.40. The predicted molar refractivity (Wildman–Crippen MR) is 82.1 cm³/mol. The molecular weight excluding hydrogens is 256 g/mol. The zero-order valence-electron chi connectivity index (χ0n) is 12.4. The molecule has 0 radical (unpaired) electrons. The first-order valence-corrected chi connectivity index (χ1v) is 8.66. The Bertz CT molecular complexity index is 327. The lowest BCUT2D eigenvalue weighted by atomic mass is 9.84. The van der Waals surface area contributed by atoms with Crippen molar-refractivity contribution in [3.63, 3.8) is 0 Å². The van der Waals surface area contributed by atoms with E-state index >= 15 is 0 Å². The summed E-state index contributed by atoms with van der Waals surface area (Å²) >= 11 is 1.63. The monoisotopic (exact) mass is 284 g/mol. The van der Waals surface area contributed by atoms with Gasteiger partial charge in [0.25, 0.3) is 0 Å². The Hall–Kier alpha value is -0.220. The first-order valence-electron chi connectivity index (χ1n) is 7.51. The summed E-state index contributed by atoms with van der Waals surface area (Å²) in [5, 5.41) is 3.19. The molecule has 4 unspecified atom stereocenters. The number of fused-ring (bicyclic) bond motifs is 2. The van der Waals surface area contributed by atoms with Crippen LogP contribution >= 0.6 is 11.8 Å². The Kier molecular flexibility index (Phi) is 4.83. The molecule has 2 aliphatic carbocycles. The van der Waals surface area contributed by atoms with Crippen molar-refractivity contribution in [1.82, 2.24) is 5.32 Å². The third kappa shape index (κ3) is 4.38. The molecular formula is C15H28N2OS. The molecule has 0 aliphatic heterocycles. The van der Waals surface area contributed by atoms with Crippen molar-refractivity contribution < 1.29 is 4.79 Å². The van der Waals surface area contributed by atoms with Crippen molar-refractivity contribution in [2.45, 2.75) is 58.0 Å². The van der Waals surface area contributed by atoms with Gasteiger partial charge in [0, 0.05) is 17.3 Å². The maximum Gasteiger partial charge on any atom is 0.230 e. The minimum atomic E-state index is -0.193. The van der Waals surface area contributed by atoms with Crippen LogP contribution in [0.2, 0.25) is 0 Å². The molecule has 3 nitrogen and oxygen atoms in total. The van der Waals surface area contributed by atoms with E-state index in [4.69, 9.17) is 5.73 Å². The average Bonchev–Trinajstić information content (AvgIpc) is 2.88. The lowest BCUT2D eigenvalue weighted by molar-refractivity contribution is -0.119. The van der Waals surface area contributed by atoms with Gasteiger partial charge in [0.2, 0.25) is 5.91 Å². The van der Waals surface area contributed by atoms with Gasteiger partial charge in [-0.25, -0.2) is 0 Å². The molecule has 2 saturated carbocycles. The largest absolute Gasteiger partial charge is 0.353 e. The molecule has 0 aromatic rings. The molecule has 1 amide bonds. The van der Waals surface area contributed by atoms with Crippen LogP contribution in [0.1, 0.15) is 46.5 Å². The summed E-state index contributed by atoms with van der Waals surface area (Å²) in [6.45, 7) is 6.17. The molecule has 0 heterocycles. The van der Waals surface area contributed by atoms with Crippen LogP contribution in [0.15, 0.2) is 0 Å². The molecule has 19 heavy (non-hydrogen) atoms. The van der Waals surface area contributed by atoms with Gasteiger partial charge >= 0.3 is 0 Å². The maximum atomic E-state index is 11.9. The first kappa shape index (κ1) is 15.2. The fourth-order valence-corrected chi connectivity index (χ4v) is 4.61. The Balaban J connectivity index is 1.67. The smallest absolute Gasteiger partial charge is 0.230 e. The molecule has 0 saturated heterocycles. The van der Waals surface area contributed by atoms with Crippen molar-refractivity contribution in [3.8, 4) is 0 Å². The third-order valence-corrected chi connectivity index (χ3v) is 5.95. The topological polar surface area (TPSA) is 55.1 Å². The van der Waals surface area contributed by atoms with Crippen LogP contribution in [-0.2, 0) is 4.79 Å². The van der Waals surface area contributed by atoms with E-state index in [1.807, 2.05) is 13.8 Å². The van der Waals surface area contributed by atoms with Crippen molar-refractivity contribution in [3.05, 3.63) is 0 Å². The zero-order valence-corrected chi connectivity index (χ0v) is 13.3. The van der Waals surface area contributed by atoms with Crippen LogP contribution in [0.5, 0.6) is 0 Å². The SMILES string of the molecule is CC(NC(=O)CSCC(C)(C)N)C1CC2CCC1C2. The summed E-state index contributed by atoms with van der Waals surface area (Å²) in [7, 11) is 0. The number of carbonyl (C=O) groups excluding carboxylic acids is 1. The van der Waals surface area contributed by atoms with Crippen molar-refractivity contribution in [2.24, 2.45) is 23.5 Å². The first-order chi connectivity index (χ1) is 8.85. The van der Waals surface area contributed by atoms with E-state index in [1.54, 1.807) is 11.8 Å². The van der Waals surface area contributed by atoms with Gasteiger partial charge in [-0.15, -0.1) is 0 Å². The summed E-state index contributed by atoms with van der Waals surface area (Å²) < 4.78 is 0. The summed E-state index contributed by atoms with van der Waals surface area (Å²) in [5.74, 6) is 4.07. The van der Waals surface area contributed by atoms with E-state index in [1.165, 1.54) is 25.7 Å². The fraction of sp³-hybridized carbons (Fsp3) is 0.933. The molecule has 4 heteroatoms. The van der Waals surface area contributed by atoms with Gasteiger partial charge in [0.1, 0.15) is 0 Å². The highest BCUT2D eigenvalue weighted by Crippen LogP contribution is 2.49. The Morgan fingerprint density at radius 3 is 2.68 bits per heavy atom. The maximum absolute atomic E-state index is 11.9. The second kappa shape index (κ2) is 6.04. The van der Waals surface area contributed by atoms with Crippen molar-refractivity contribution in [1.29, 1.82) is 0 Å². The Labute approximate surface area is 121 Å². The van der Waals surface area contributed by atoms with Crippen LogP contribution < -0.4 is 11.1 Å². The second-order valence-electron chi connectivity index (χ2n) is 7.18. The number of hydrogen-bond donors (Lipinski definition) is 2. The van der Waals surface area contributed by atoms with E-state index in [0.717, 1.165) is 23.5 Å². The van der Waals surface area contributed by atoms with Crippen molar-refractivity contribution >= 4 is 17.7 Å². The van der Waals surface area contributed by atoms with Gasteiger partial charge in [-0.3, -0.25) is 4.79 Å². The molecule has 3 N–H and O–H groups in total. The van der Waals surface area contributed by atoms with E-state index in [-0.39, 0.29) is 11.4 Å². The van der Waals surface area contributed by atoms with Crippen LogP contribution in [0.4, 0.5) is 0 Å². The number of rotatable bonds is 6. The highest BCUT2D eigenvalue weighted by atomic mass is 32.2. The quantitative estimate of drug-likeness (QED) is 0.787. The molecule has 2 fully saturated rings. The third-order valence-electron chi connectivity index (χ3n) is 4.53. The van der Waals surface area contributed by atoms with Gasteiger partial charge < -0.3 is 11.1 Å². The zero-order chi connectivity index (χ0) is 14.0. The number of nitrogens with two attached hydrogens (primary N) is 1. The normalized spacial score (nSPS) is 31.5. The highest BCUT2D eigenvalue weighted by molar-refractivity contribution is 8.00. The summed E-state index contributed by atoms with van der Waals surface area (Å²) in [5.41, 5.74) is 5.72. The van der Waals surface area contributed by atoms with Crippen LogP contribution in [0, 0.1) is 17.8 Å². The second-order valence-corrected chi connectivity index (χ2v) is 8.16. The molecule has 2 bridgehead atoms. The van der Waals surface area contributed by atoms with Gasteiger partial charge in [-0.2, -0.15) is 11.8 Å². The highest BCUT2D eigenvalue weighted by Gasteiger charge is 2.42. The minimum Gasteiger partial charge on any atom is -0.353 e.